The van der Waals surface area contributed by atoms with E-state index in [4.69, 9.17) is 17.2 Å². The molecule has 0 aliphatic heterocycles. The molecule has 164 valence electrons. The van der Waals surface area contributed by atoms with Crippen molar-refractivity contribution in [3.63, 3.8) is 0 Å². The summed E-state index contributed by atoms with van der Waals surface area (Å²) < 4.78 is 0. The van der Waals surface area contributed by atoms with Crippen molar-refractivity contribution in [2.75, 3.05) is 16.8 Å². The molecule has 6 heteroatoms. The van der Waals surface area contributed by atoms with Crippen LogP contribution < -0.4 is 22.5 Å². The van der Waals surface area contributed by atoms with Gasteiger partial charge in [-0.2, -0.15) is 0 Å². The number of rotatable bonds is 4. The number of hydrogen-bond donors (Lipinski definition) is 4. The predicted molar refractivity (Wildman–Crippen MR) is 131 cm³/mol. The molecule has 2 aliphatic rings. The number of benzene rings is 3. The van der Waals surface area contributed by atoms with Gasteiger partial charge in [-0.25, -0.2) is 0 Å². The van der Waals surface area contributed by atoms with Crippen molar-refractivity contribution in [1.82, 2.24) is 0 Å². The average molecular weight is 437 g/mol. The summed E-state index contributed by atoms with van der Waals surface area (Å²) >= 11 is 0. The Morgan fingerprint density at radius 2 is 1.55 bits per heavy atom. The van der Waals surface area contributed by atoms with E-state index in [2.05, 4.69) is 5.32 Å². The number of nitrogen functional groups attached to an aromatic ring is 2. The highest BCUT2D eigenvalue weighted by molar-refractivity contribution is 6.05. The van der Waals surface area contributed by atoms with Crippen LogP contribution in [-0.4, -0.2) is 11.8 Å². The molecule has 33 heavy (non-hydrogen) atoms. The summed E-state index contributed by atoms with van der Waals surface area (Å²) in [6.07, 6.45) is 5.05. The smallest absolute Gasteiger partial charge is 0.255 e. The molecule has 0 aromatic heterocycles. The standard InChI is InChI=1S/C27H24N4O2/c28-20-4-2-19(3-5-20)27(26(30)33)12-11-24-18(15-27)14-17-13-16(1-10-23(17)24)25(32)31-22-8-6-21(29)7-9-22/h1-13H,14-15,28-29H2,(H2,30,33)(H,31,32). The van der Waals surface area contributed by atoms with Gasteiger partial charge in [0.1, 0.15) is 0 Å². The van der Waals surface area contributed by atoms with E-state index in [0.717, 1.165) is 27.8 Å². The van der Waals surface area contributed by atoms with E-state index in [1.54, 1.807) is 36.4 Å². The van der Waals surface area contributed by atoms with Gasteiger partial charge in [0.25, 0.3) is 5.91 Å². The highest BCUT2D eigenvalue weighted by Crippen LogP contribution is 2.46. The summed E-state index contributed by atoms with van der Waals surface area (Å²) in [5, 5.41) is 2.90. The van der Waals surface area contributed by atoms with Crippen molar-refractivity contribution in [1.29, 1.82) is 0 Å². The zero-order valence-corrected chi connectivity index (χ0v) is 18.0. The minimum Gasteiger partial charge on any atom is -0.399 e. The number of allylic oxidation sites excluding steroid dienone is 3. The first-order valence-corrected chi connectivity index (χ1v) is 10.7. The number of nitrogens with two attached hydrogens (primary N) is 3. The summed E-state index contributed by atoms with van der Waals surface area (Å²) in [5.74, 6) is -0.578. The van der Waals surface area contributed by atoms with Crippen LogP contribution in [0.5, 0.6) is 0 Å². The second-order valence-electron chi connectivity index (χ2n) is 8.61. The van der Waals surface area contributed by atoms with Gasteiger partial charge in [-0.1, -0.05) is 35.9 Å². The fourth-order valence-electron chi connectivity index (χ4n) is 4.71. The highest BCUT2D eigenvalue weighted by atomic mass is 16.2. The first-order valence-electron chi connectivity index (χ1n) is 10.7. The predicted octanol–water partition coefficient (Wildman–Crippen LogP) is 3.80. The van der Waals surface area contributed by atoms with E-state index in [-0.39, 0.29) is 5.91 Å². The van der Waals surface area contributed by atoms with Crippen LogP contribution in [0.2, 0.25) is 0 Å². The molecule has 0 saturated carbocycles. The van der Waals surface area contributed by atoms with Crippen molar-refractivity contribution < 1.29 is 9.59 Å². The first-order chi connectivity index (χ1) is 15.9. The van der Waals surface area contributed by atoms with Crippen LogP contribution in [0.15, 0.2) is 84.5 Å². The Balaban J connectivity index is 1.40. The maximum atomic E-state index is 12.8. The molecule has 0 fully saturated rings. The molecule has 2 aliphatic carbocycles. The maximum absolute atomic E-state index is 12.8. The van der Waals surface area contributed by atoms with E-state index >= 15 is 0 Å². The van der Waals surface area contributed by atoms with Crippen LogP contribution in [-0.2, 0) is 16.6 Å². The van der Waals surface area contributed by atoms with Crippen molar-refractivity contribution >= 4 is 34.4 Å². The van der Waals surface area contributed by atoms with Crippen LogP contribution in [0.4, 0.5) is 17.1 Å². The van der Waals surface area contributed by atoms with Crippen molar-refractivity contribution in [3.05, 3.63) is 107 Å². The molecule has 7 N–H and O–H groups in total. The molecule has 0 radical (unpaired) electrons. The normalized spacial score (nSPS) is 18.5. The van der Waals surface area contributed by atoms with E-state index in [1.165, 1.54) is 0 Å². The zero-order chi connectivity index (χ0) is 23.2. The van der Waals surface area contributed by atoms with Gasteiger partial charge in [-0.3, -0.25) is 9.59 Å². The van der Waals surface area contributed by atoms with Gasteiger partial charge < -0.3 is 22.5 Å². The molecule has 1 atom stereocenters. The molecule has 2 amide bonds. The van der Waals surface area contributed by atoms with Crippen molar-refractivity contribution in [3.8, 4) is 0 Å². The third-order valence-corrected chi connectivity index (χ3v) is 6.50. The number of amides is 2. The van der Waals surface area contributed by atoms with Crippen LogP contribution in [0.3, 0.4) is 0 Å². The number of primary amides is 1. The Bertz CT molecular complexity index is 1340. The molecule has 5 rings (SSSR count). The van der Waals surface area contributed by atoms with E-state index < -0.39 is 11.3 Å². The topological polar surface area (TPSA) is 124 Å². The molecule has 6 nitrogen and oxygen atoms in total. The van der Waals surface area contributed by atoms with Gasteiger partial charge in [-0.05, 0) is 83.6 Å². The lowest BCUT2D eigenvalue weighted by molar-refractivity contribution is -0.122. The van der Waals surface area contributed by atoms with Gasteiger partial charge in [0.05, 0.1) is 5.41 Å². The lowest BCUT2D eigenvalue weighted by Crippen LogP contribution is -2.41. The summed E-state index contributed by atoms with van der Waals surface area (Å²) in [4.78, 5) is 25.4. The summed E-state index contributed by atoms with van der Waals surface area (Å²) in [6, 6.07) is 20.0. The molecular formula is C27H24N4O2. The van der Waals surface area contributed by atoms with Gasteiger partial charge in [0, 0.05) is 22.6 Å². The summed E-state index contributed by atoms with van der Waals surface area (Å²) in [6.45, 7) is 0. The largest absolute Gasteiger partial charge is 0.399 e. The van der Waals surface area contributed by atoms with Crippen LogP contribution in [0.25, 0.3) is 5.57 Å². The van der Waals surface area contributed by atoms with Gasteiger partial charge in [0.15, 0.2) is 0 Å². The van der Waals surface area contributed by atoms with E-state index in [0.29, 0.717) is 35.5 Å². The summed E-state index contributed by atoms with van der Waals surface area (Å²) in [5.41, 5.74) is 24.3. The molecule has 0 saturated heterocycles. The molecule has 3 aromatic rings. The lowest BCUT2D eigenvalue weighted by Gasteiger charge is -2.31. The monoisotopic (exact) mass is 436 g/mol. The molecule has 0 bridgehead atoms. The van der Waals surface area contributed by atoms with Crippen LogP contribution >= 0.6 is 0 Å². The van der Waals surface area contributed by atoms with Gasteiger partial charge in [0.2, 0.25) is 5.91 Å². The molecule has 1 unspecified atom stereocenters. The Kier molecular flexibility index (Phi) is 4.78. The highest BCUT2D eigenvalue weighted by Gasteiger charge is 2.41. The Morgan fingerprint density at radius 3 is 2.21 bits per heavy atom. The fourth-order valence-corrected chi connectivity index (χ4v) is 4.71. The molecule has 0 heterocycles. The number of hydrogen-bond acceptors (Lipinski definition) is 4. The van der Waals surface area contributed by atoms with Gasteiger partial charge >= 0.3 is 0 Å². The fraction of sp³-hybridized carbons (Fsp3) is 0.111. The number of carbonyl (C=O) groups excluding carboxylic acids is 2. The number of carbonyl (C=O) groups is 2. The van der Waals surface area contributed by atoms with Crippen LogP contribution in [0, 0.1) is 0 Å². The van der Waals surface area contributed by atoms with Crippen molar-refractivity contribution in [2.24, 2.45) is 5.73 Å². The third-order valence-electron chi connectivity index (χ3n) is 6.50. The second kappa shape index (κ2) is 7.67. The Morgan fingerprint density at radius 1 is 0.879 bits per heavy atom. The maximum Gasteiger partial charge on any atom is 0.255 e. The Labute approximate surface area is 191 Å². The quantitative estimate of drug-likeness (QED) is 0.464. The lowest BCUT2D eigenvalue weighted by atomic mass is 9.71. The minimum atomic E-state index is -0.913. The first kappa shape index (κ1) is 20.6. The van der Waals surface area contributed by atoms with Crippen molar-refractivity contribution in [2.45, 2.75) is 18.3 Å². The number of fused-ring (bicyclic) bond motifs is 2. The molecule has 3 aromatic carbocycles. The van der Waals surface area contributed by atoms with E-state index in [1.807, 2.05) is 42.5 Å². The molecular weight excluding hydrogens is 412 g/mol. The number of nitrogens with one attached hydrogen (secondary N) is 1. The zero-order valence-electron chi connectivity index (χ0n) is 18.0. The third kappa shape index (κ3) is 3.55. The second-order valence-corrected chi connectivity index (χ2v) is 8.61. The SMILES string of the molecule is NC(=O)C1(c2ccc(N)cc2)C=CC2=C(Cc3cc(C(=O)Nc4ccc(N)cc4)ccc32)C1. The van der Waals surface area contributed by atoms with Crippen LogP contribution in [0.1, 0.15) is 33.5 Å². The molecule has 0 spiro atoms. The van der Waals surface area contributed by atoms with E-state index in [9.17, 15) is 9.59 Å². The van der Waals surface area contributed by atoms with Gasteiger partial charge in [-0.15, -0.1) is 0 Å². The Hall–Kier alpha value is -4.32. The minimum absolute atomic E-state index is 0.184. The number of anilines is 3. The average Bonchev–Trinajstić information content (AvgIpc) is 3.17. The summed E-state index contributed by atoms with van der Waals surface area (Å²) in [7, 11) is 0.